The zero-order valence-corrected chi connectivity index (χ0v) is 10.9. The molecule has 2 nitrogen and oxygen atoms in total. The van der Waals surface area contributed by atoms with Gasteiger partial charge in [-0.2, -0.15) is 0 Å². The third-order valence-corrected chi connectivity index (χ3v) is 1.78. The molecule has 1 aromatic rings. The second kappa shape index (κ2) is 8.84. The number of allylic oxidation sites excluding steroid dienone is 2. The van der Waals surface area contributed by atoms with E-state index in [1.54, 1.807) is 6.20 Å². The number of aliphatic imine (C=N–C) groups is 1. The maximum atomic E-state index is 4.34. The van der Waals surface area contributed by atoms with Crippen LogP contribution in [0.25, 0.3) is 5.57 Å². The van der Waals surface area contributed by atoms with E-state index < -0.39 is 0 Å². The van der Waals surface area contributed by atoms with Gasteiger partial charge in [0, 0.05) is 24.0 Å². The zero-order valence-electron chi connectivity index (χ0n) is 10.9. The summed E-state index contributed by atoms with van der Waals surface area (Å²) in [6.45, 7) is 10.1. The summed E-state index contributed by atoms with van der Waals surface area (Å²) in [5, 5.41) is 0. The highest BCUT2D eigenvalue weighted by molar-refractivity contribution is 6.08. The molecule has 16 heavy (non-hydrogen) atoms. The Balaban J connectivity index is 0.00000106. The van der Waals surface area contributed by atoms with Crippen LogP contribution in [0.4, 0.5) is 0 Å². The number of rotatable bonds is 3. The maximum Gasteiger partial charge on any atom is 0.0713 e. The van der Waals surface area contributed by atoms with Crippen LogP contribution in [0.2, 0.25) is 0 Å². The lowest BCUT2D eigenvalue weighted by Crippen LogP contribution is -1.93. The summed E-state index contributed by atoms with van der Waals surface area (Å²) in [4.78, 5) is 8.61. The number of hydrogen-bond acceptors (Lipinski definition) is 2. The van der Waals surface area contributed by atoms with Gasteiger partial charge in [-0.3, -0.25) is 9.98 Å². The molecule has 0 unspecified atom stereocenters. The summed E-state index contributed by atoms with van der Waals surface area (Å²) in [5.41, 5.74) is 2.04. The monoisotopic (exact) mass is 218 g/mol. The SMILES string of the molecule is C/C=C(\C=NC(C)C)c1ccccn1.CC. The summed E-state index contributed by atoms with van der Waals surface area (Å²) >= 11 is 0. The topological polar surface area (TPSA) is 25.2 Å². The molecule has 0 fully saturated rings. The summed E-state index contributed by atoms with van der Waals surface area (Å²) in [6.07, 6.45) is 5.70. The summed E-state index contributed by atoms with van der Waals surface area (Å²) in [5.74, 6) is 0. The fraction of sp³-hybridized carbons (Fsp3) is 0.429. The maximum absolute atomic E-state index is 4.34. The normalized spacial score (nSPS) is 11.5. The minimum Gasteiger partial charge on any atom is -0.290 e. The average Bonchev–Trinajstić information content (AvgIpc) is 2.33. The molecule has 0 saturated carbocycles. The Kier molecular flexibility index (Phi) is 8.04. The molecule has 1 heterocycles. The lowest BCUT2D eigenvalue weighted by molar-refractivity contribution is 0.842. The third-order valence-electron chi connectivity index (χ3n) is 1.78. The van der Waals surface area contributed by atoms with E-state index in [1.807, 2.05) is 51.3 Å². The van der Waals surface area contributed by atoms with Crippen LogP contribution in [0.1, 0.15) is 40.3 Å². The van der Waals surface area contributed by atoms with Crippen molar-refractivity contribution >= 4 is 11.8 Å². The van der Waals surface area contributed by atoms with Crippen molar-refractivity contribution in [2.45, 2.75) is 40.7 Å². The van der Waals surface area contributed by atoms with Gasteiger partial charge < -0.3 is 0 Å². The molecule has 0 N–H and O–H groups in total. The number of hydrogen-bond donors (Lipinski definition) is 0. The molecule has 0 aliphatic rings. The van der Waals surface area contributed by atoms with Crippen molar-refractivity contribution in [3.63, 3.8) is 0 Å². The first-order valence-corrected chi connectivity index (χ1v) is 5.85. The van der Waals surface area contributed by atoms with Crippen molar-refractivity contribution in [2.75, 3.05) is 0 Å². The van der Waals surface area contributed by atoms with Crippen molar-refractivity contribution in [3.05, 3.63) is 36.2 Å². The largest absolute Gasteiger partial charge is 0.290 e. The van der Waals surface area contributed by atoms with Crippen molar-refractivity contribution in [1.82, 2.24) is 4.98 Å². The van der Waals surface area contributed by atoms with Gasteiger partial charge >= 0.3 is 0 Å². The van der Waals surface area contributed by atoms with E-state index in [1.165, 1.54) is 0 Å². The fourth-order valence-corrected chi connectivity index (χ4v) is 1.05. The van der Waals surface area contributed by atoms with Gasteiger partial charge in [-0.05, 0) is 32.9 Å². The molecule has 0 spiro atoms. The standard InChI is InChI=1S/C12H16N2.C2H6/c1-4-11(9-14-10(2)3)12-7-5-6-8-13-12;1-2/h4-10H,1-3H3;1-2H3/b11-4+,14-9?;. The average molecular weight is 218 g/mol. The molecule has 1 aromatic heterocycles. The second-order valence-corrected chi connectivity index (χ2v) is 3.33. The van der Waals surface area contributed by atoms with Crippen molar-refractivity contribution in [1.29, 1.82) is 0 Å². The molecule has 0 aliphatic heterocycles. The fourth-order valence-electron chi connectivity index (χ4n) is 1.05. The second-order valence-electron chi connectivity index (χ2n) is 3.33. The lowest BCUT2D eigenvalue weighted by atomic mass is 10.2. The van der Waals surface area contributed by atoms with E-state index >= 15 is 0 Å². The van der Waals surface area contributed by atoms with E-state index in [-0.39, 0.29) is 0 Å². The Morgan fingerprint density at radius 3 is 2.44 bits per heavy atom. The first kappa shape index (κ1) is 14.6. The van der Waals surface area contributed by atoms with Crippen LogP contribution in [0.15, 0.2) is 35.5 Å². The molecular formula is C14H22N2. The van der Waals surface area contributed by atoms with Gasteiger partial charge in [0.1, 0.15) is 0 Å². The molecule has 1 rings (SSSR count). The molecule has 0 amide bonds. The summed E-state index contributed by atoms with van der Waals surface area (Å²) in [7, 11) is 0. The van der Waals surface area contributed by atoms with Crippen LogP contribution < -0.4 is 0 Å². The molecule has 0 atom stereocenters. The lowest BCUT2D eigenvalue weighted by Gasteiger charge is -2.00. The van der Waals surface area contributed by atoms with E-state index in [0.29, 0.717) is 6.04 Å². The molecule has 88 valence electrons. The molecule has 0 aromatic carbocycles. The van der Waals surface area contributed by atoms with E-state index in [4.69, 9.17) is 0 Å². The van der Waals surface area contributed by atoms with E-state index in [9.17, 15) is 0 Å². The van der Waals surface area contributed by atoms with E-state index in [2.05, 4.69) is 23.8 Å². The van der Waals surface area contributed by atoms with Crippen LogP contribution in [0.5, 0.6) is 0 Å². The first-order chi connectivity index (χ1) is 7.74. The van der Waals surface area contributed by atoms with Crippen LogP contribution in [0, 0.1) is 0 Å². The van der Waals surface area contributed by atoms with Crippen LogP contribution in [-0.4, -0.2) is 17.2 Å². The summed E-state index contributed by atoms with van der Waals surface area (Å²) < 4.78 is 0. The number of nitrogens with zero attached hydrogens (tertiary/aromatic N) is 2. The third kappa shape index (κ3) is 5.44. The molecule has 2 heteroatoms. The van der Waals surface area contributed by atoms with E-state index in [0.717, 1.165) is 11.3 Å². The molecule has 0 aliphatic carbocycles. The van der Waals surface area contributed by atoms with Gasteiger partial charge in [-0.1, -0.05) is 26.0 Å². The van der Waals surface area contributed by atoms with Gasteiger partial charge in [0.2, 0.25) is 0 Å². The first-order valence-electron chi connectivity index (χ1n) is 5.85. The van der Waals surface area contributed by atoms with Crippen LogP contribution in [0.3, 0.4) is 0 Å². The van der Waals surface area contributed by atoms with Crippen molar-refractivity contribution in [3.8, 4) is 0 Å². The van der Waals surface area contributed by atoms with Gasteiger partial charge in [0.15, 0.2) is 0 Å². The Labute approximate surface area is 99.1 Å². The van der Waals surface area contributed by atoms with Crippen LogP contribution in [-0.2, 0) is 0 Å². The Bertz CT molecular complexity index is 324. The zero-order chi connectivity index (χ0) is 12.4. The smallest absolute Gasteiger partial charge is 0.0713 e. The summed E-state index contributed by atoms with van der Waals surface area (Å²) in [6, 6.07) is 6.21. The Morgan fingerprint density at radius 2 is 2.00 bits per heavy atom. The highest BCUT2D eigenvalue weighted by Crippen LogP contribution is 2.08. The van der Waals surface area contributed by atoms with Crippen molar-refractivity contribution < 1.29 is 0 Å². The van der Waals surface area contributed by atoms with Crippen LogP contribution >= 0.6 is 0 Å². The quantitative estimate of drug-likeness (QED) is 0.704. The van der Waals surface area contributed by atoms with Gasteiger partial charge in [0.05, 0.1) is 5.69 Å². The number of pyridine rings is 1. The molecular weight excluding hydrogens is 196 g/mol. The highest BCUT2D eigenvalue weighted by Gasteiger charge is 1.97. The predicted octanol–water partition coefficient (Wildman–Crippen LogP) is 3.99. The van der Waals surface area contributed by atoms with Crippen molar-refractivity contribution in [2.24, 2.45) is 4.99 Å². The van der Waals surface area contributed by atoms with Gasteiger partial charge in [-0.15, -0.1) is 0 Å². The molecule has 0 bridgehead atoms. The molecule has 0 saturated heterocycles. The Morgan fingerprint density at radius 1 is 1.31 bits per heavy atom. The minimum absolute atomic E-state index is 0.327. The minimum atomic E-state index is 0.327. The number of aromatic nitrogens is 1. The molecule has 0 radical (unpaired) electrons. The predicted molar refractivity (Wildman–Crippen MR) is 72.9 cm³/mol. The van der Waals surface area contributed by atoms with Gasteiger partial charge in [0.25, 0.3) is 0 Å². The highest BCUT2D eigenvalue weighted by atomic mass is 14.8. The van der Waals surface area contributed by atoms with Gasteiger partial charge in [-0.25, -0.2) is 0 Å². The Hall–Kier alpha value is -1.44.